The van der Waals surface area contributed by atoms with E-state index in [1.54, 1.807) is 0 Å². The highest BCUT2D eigenvalue weighted by Gasteiger charge is 2.19. The van der Waals surface area contributed by atoms with Crippen molar-refractivity contribution in [1.29, 1.82) is 0 Å². The molecule has 0 spiro atoms. The van der Waals surface area contributed by atoms with Gasteiger partial charge in [0.25, 0.3) is 11.6 Å². The van der Waals surface area contributed by atoms with Crippen LogP contribution in [0.3, 0.4) is 0 Å². The number of esters is 1. The highest BCUT2D eigenvalue weighted by molar-refractivity contribution is 7.10. The van der Waals surface area contributed by atoms with Gasteiger partial charge in [0.1, 0.15) is 0 Å². The summed E-state index contributed by atoms with van der Waals surface area (Å²) in [4.78, 5) is 35.8. The van der Waals surface area contributed by atoms with E-state index < -0.39 is 23.4 Å². The second-order valence-electron chi connectivity index (χ2n) is 5.79. The number of non-ortho nitro benzene ring substituents is 1. The number of nitrogens with zero attached hydrogens (tertiary/aromatic N) is 1. The number of nitro benzene ring substituents is 1. The molecule has 0 aliphatic heterocycles. The van der Waals surface area contributed by atoms with E-state index in [2.05, 4.69) is 10.6 Å². The van der Waals surface area contributed by atoms with Crippen LogP contribution < -0.4 is 10.6 Å². The SMILES string of the molecule is COCCNc1ccc([N+](=O)[O-])cc1C(=O)OCC(=O)N[C@@H](C)c1cccs1. The first kappa shape index (κ1) is 21.3. The quantitative estimate of drug-likeness (QED) is 0.269. The van der Waals surface area contributed by atoms with Crippen LogP contribution in [0.25, 0.3) is 0 Å². The minimum Gasteiger partial charge on any atom is -0.452 e. The third-order valence-corrected chi connectivity index (χ3v) is 4.79. The highest BCUT2D eigenvalue weighted by Crippen LogP contribution is 2.23. The summed E-state index contributed by atoms with van der Waals surface area (Å²) in [5, 5.41) is 18.6. The topological polar surface area (TPSA) is 120 Å². The average Bonchev–Trinajstić information content (AvgIpc) is 3.21. The van der Waals surface area contributed by atoms with Gasteiger partial charge in [0, 0.05) is 36.4 Å². The van der Waals surface area contributed by atoms with Crippen molar-refractivity contribution in [3.05, 3.63) is 56.3 Å². The second kappa shape index (κ2) is 10.4. The van der Waals surface area contributed by atoms with Crippen molar-refractivity contribution < 1.29 is 24.0 Å². The summed E-state index contributed by atoms with van der Waals surface area (Å²) < 4.78 is 9.98. The Morgan fingerprint density at radius 1 is 1.32 bits per heavy atom. The van der Waals surface area contributed by atoms with Gasteiger partial charge in [0.15, 0.2) is 6.61 Å². The molecular weight excluding hydrogens is 386 g/mol. The van der Waals surface area contributed by atoms with Gasteiger partial charge in [-0.05, 0) is 24.4 Å². The van der Waals surface area contributed by atoms with Crippen LogP contribution in [0, 0.1) is 10.1 Å². The lowest BCUT2D eigenvalue weighted by Crippen LogP contribution is -2.30. The lowest BCUT2D eigenvalue weighted by Gasteiger charge is -2.14. The smallest absolute Gasteiger partial charge is 0.341 e. The molecule has 1 aromatic heterocycles. The molecule has 0 aliphatic rings. The first-order chi connectivity index (χ1) is 13.4. The molecule has 28 heavy (non-hydrogen) atoms. The molecule has 0 saturated carbocycles. The largest absolute Gasteiger partial charge is 0.452 e. The van der Waals surface area contributed by atoms with Crippen LogP contribution in [0.2, 0.25) is 0 Å². The summed E-state index contributed by atoms with van der Waals surface area (Å²) in [5.74, 6) is -1.30. The van der Waals surface area contributed by atoms with E-state index >= 15 is 0 Å². The molecule has 0 fully saturated rings. The van der Waals surface area contributed by atoms with Crippen molar-refractivity contribution in [3.63, 3.8) is 0 Å². The Hall–Kier alpha value is -2.98. The van der Waals surface area contributed by atoms with Gasteiger partial charge >= 0.3 is 5.97 Å². The Morgan fingerprint density at radius 3 is 2.75 bits per heavy atom. The van der Waals surface area contributed by atoms with Crippen molar-refractivity contribution in [1.82, 2.24) is 5.32 Å². The molecule has 1 atom stereocenters. The van der Waals surface area contributed by atoms with Crippen LogP contribution in [0.15, 0.2) is 35.7 Å². The van der Waals surface area contributed by atoms with E-state index in [4.69, 9.17) is 9.47 Å². The molecular formula is C18H21N3O6S. The van der Waals surface area contributed by atoms with Crippen LogP contribution in [0.1, 0.15) is 28.2 Å². The number of thiophene rings is 1. The van der Waals surface area contributed by atoms with Crippen LogP contribution >= 0.6 is 11.3 Å². The zero-order valence-electron chi connectivity index (χ0n) is 15.5. The fraction of sp³-hybridized carbons (Fsp3) is 0.333. The van der Waals surface area contributed by atoms with E-state index in [9.17, 15) is 19.7 Å². The van der Waals surface area contributed by atoms with Crippen molar-refractivity contribution in [2.75, 3.05) is 32.2 Å². The zero-order chi connectivity index (χ0) is 20.5. The van der Waals surface area contributed by atoms with Gasteiger partial charge in [-0.2, -0.15) is 0 Å². The van der Waals surface area contributed by atoms with Crippen LogP contribution in [-0.2, 0) is 14.3 Å². The van der Waals surface area contributed by atoms with Gasteiger partial charge in [-0.1, -0.05) is 6.07 Å². The Labute approximate surface area is 165 Å². The number of rotatable bonds is 10. The predicted octanol–water partition coefficient (Wildman–Crippen LogP) is 2.75. The number of benzene rings is 1. The maximum absolute atomic E-state index is 12.4. The lowest BCUT2D eigenvalue weighted by molar-refractivity contribution is -0.384. The van der Waals surface area contributed by atoms with E-state index in [0.717, 1.165) is 10.9 Å². The summed E-state index contributed by atoms with van der Waals surface area (Å²) >= 11 is 1.51. The number of carbonyl (C=O) groups excluding carboxylic acids is 2. The molecule has 0 saturated heterocycles. The Bertz CT molecular complexity index is 825. The molecule has 2 rings (SSSR count). The van der Waals surface area contributed by atoms with Crippen LogP contribution in [0.4, 0.5) is 11.4 Å². The predicted molar refractivity (Wildman–Crippen MR) is 105 cm³/mol. The number of carbonyl (C=O) groups is 2. The minimum absolute atomic E-state index is 0.0237. The van der Waals surface area contributed by atoms with Crippen LogP contribution in [0.5, 0.6) is 0 Å². The van der Waals surface area contributed by atoms with E-state index in [0.29, 0.717) is 18.8 Å². The average molecular weight is 407 g/mol. The monoisotopic (exact) mass is 407 g/mol. The normalized spacial score (nSPS) is 11.5. The third-order valence-electron chi connectivity index (χ3n) is 3.74. The summed E-state index contributed by atoms with van der Waals surface area (Å²) in [5.41, 5.74) is 0.0874. The van der Waals surface area contributed by atoms with Gasteiger partial charge in [-0.3, -0.25) is 14.9 Å². The van der Waals surface area contributed by atoms with Gasteiger partial charge < -0.3 is 20.1 Å². The Kier molecular flexibility index (Phi) is 7.90. The van der Waals surface area contributed by atoms with Gasteiger partial charge in [-0.25, -0.2) is 4.79 Å². The first-order valence-electron chi connectivity index (χ1n) is 8.43. The van der Waals surface area contributed by atoms with E-state index in [1.807, 2.05) is 24.4 Å². The zero-order valence-corrected chi connectivity index (χ0v) is 16.3. The summed E-state index contributed by atoms with van der Waals surface area (Å²) in [7, 11) is 1.53. The molecule has 150 valence electrons. The number of anilines is 1. The molecule has 10 heteroatoms. The lowest BCUT2D eigenvalue weighted by atomic mass is 10.1. The number of hydrogen-bond acceptors (Lipinski definition) is 8. The number of ether oxygens (including phenoxy) is 2. The molecule has 2 aromatic rings. The van der Waals surface area contributed by atoms with Gasteiger partial charge in [-0.15, -0.1) is 11.3 Å². The standard InChI is InChI=1S/C18H21N3O6S/c1-12(16-4-3-9-28-16)20-17(22)11-27-18(23)14-10-13(21(24)25)5-6-15(14)19-7-8-26-2/h3-6,9-10,12,19H,7-8,11H2,1-2H3,(H,20,22)/t12-/m0/s1. The third kappa shape index (κ3) is 6.03. The molecule has 1 heterocycles. The van der Waals surface area contributed by atoms with E-state index in [1.165, 1.54) is 30.6 Å². The number of nitro groups is 1. The maximum Gasteiger partial charge on any atom is 0.341 e. The molecule has 0 aliphatic carbocycles. The summed E-state index contributed by atoms with van der Waals surface area (Å²) in [6, 6.07) is 7.37. The van der Waals surface area contributed by atoms with Crippen molar-refractivity contribution in [2.24, 2.45) is 0 Å². The second-order valence-corrected chi connectivity index (χ2v) is 6.77. The fourth-order valence-electron chi connectivity index (χ4n) is 2.36. The van der Waals surface area contributed by atoms with Crippen molar-refractivity contribution in [3.8, 4) is 0 Å². The fourth-order valence-corrected chi connectivity index (χ4v) is 3.09. The highest BCUT2D eigenvalue weighted by atomic mass is 32.1. The summed E-state index contributed by atoms with van der Waals surface area (Å²) in [6.07, 6.45) is 0. The molecule has 0 radical (unpaired) electrons. The maximum atomic E-state index is 12.4. The minimum atomic E-state index is -0.831. The van der Waals surface area contributed by atoms with E-state index in [-0.39, 0.29) is 17.3 Å². The molecule has 1 aromatic carbocycles. The summed E-state index contributed by atoms with van der Waals surface area (Å²) in [6.45, 7) is 2.11. The Morgan fingerprint density at radius 2 is 2.11 bits per heavy atom. The van der Waals surface area contributed by atoms with Gasteiger partial charge in [0.2, 0.25) is 0 Å². The number of hydrogen-bond donors (Lipinski definition) is 2. The molecule has 0 unspecified atom stereocenters. The molecule has 1 amide bonds. The Balaban J connectivity index is 2.01. The number of methoxy groups -OCH3 is 1. The molecule has 0 bridgehead atoms. The molecule has 9 nitrogen and oxygen atoms in total. The number of amides is 1. The number of nitrogens with one attached hydrogen (secondary N) is 2. The molecule has 2 N–H and O–H groups in total. The first-order valence-corrected chi connectivity index (χ1v) is 9.31. The van der Waals surface area contributed by atoms with Gasteiger partial charge in [0.05, 0.1) is 23.1 Å². The van der Waals surface area contributed by atoms with Crippen molar-refractivity contribution >= 4 is 34.6 Å². The van der Waals surface area contributed by atoms with Crippen LogP contribution in [-0.4, -0.2) is 43.7 Å². The van der Waals surface area contributed by atoms with Crippen molar-refractivity contribution in [2.45, 2.75) is 13.0 Å².